The van der Waals surface area contributed by atoms with Crippen LogP contribution in [0.2, 0.25) is 0 Å². The number of amides is 1. The quantitative estimate of drug-likeness (QED) is 0.799. The Morgan fingerprint density at radius 1 is 1.65 bits per heavy atom. The van der Waals surface area contributed by atoms with E-state index in [2.05, 4.69) is 18.3 Å². The predicted molar refractivity (Wildman–Crippen MR) is 74.5 cm³/mol. The number of aliphatic hydroxyl groups excluding tert-OH is 1. The van der Waals surface area contributed by atoms with Crippen LogP contribution >= 0.6 is 23.1 Å². The van der Waals surface area contributed by atoms with Gasteiger partial charge in [-0.25, -0.2) is 0 Å². The highest BCUT2D eigenvalue weighted by Gasteiger charge is 2.06. The van der Waals surface area contributed by atoms with E-state index in [9.17, 15) is 4.79 Å². The molecule has 1 unspecified atom stereocenters. The molecule has 0 bridgehead atoms. The maximum Gasteiger partial charge on any atom is 0.230 e. The number of aryl methyl sites for hydroxylation is 1. The Labute approximate surface area is 111 Å². The molecule has 0 spiro atoms. The van der Waals surface area contributed by atoms with Crippen LogP contribution < -0.4 is 5.32 Å². The number of carbonyl (C=O) groups is 1. The number of thiophene rings is 1. The fraction of sp³-hybridized carbons (Fsp3) is 0.583. The molecular weight excluding hydrogens is 254 g/mol. The van der Waals surface area contributed by atoms with E-state index in [1.807, 2.05) is 12.3 Å². The van der Waals surface area contributed by atoms with Gasteiger partial charge in [-0.2, -0.15) is 11.8 Å². The van der Waals surface area contributed by atoms with E-state index in [4.69, 9.17) is 5.11 Å². The summed E-state index contributed by atoms with van der Waals surface area (Å²) in [5, 5.41) is 13.8. The Bertz CT molecular complexity index is 352. The average Bonchev–Trinajstić information content (AvgIpc) is 2.72. The molecule has 0 aliphatic heterocycles. The molecule has 1 amide bonds. The number of thioether (sulfide) groups is 1. The molecule has 0 saturated carbocycles. The number of hydrogen-bond donors (Lipinski definition) is 2. The minimum Gasteiger partial charge on any atom is -0.396 e. The van der Waals surface area contributed by atoms with Gasteiger partial charge in [0, 0.05) is 11.5 Å². The number of aliphatic hydroxyl groups is 1. The Morgan fingerprint density at radius 3 is 3.00 bits per heavy atom. The lowest BCUT2D eigenvalue weighted by molar-refractivity contribution is -0.118. The maximum atomic E-state index is 11.5. The molecule has 1 aromatic heterocycles. The monoisotopic (exact) mass is 273 g/mol. The Kier molecular flexibility index (Phi) is 6.62. The molecule has 3 nitrogen and oxygen atoms in total. The second-order valence-electron chi connectivity index (χ2n) is 4.11. The summed E-state index contributed by atoms with van der Waals surface area (Å²) in [5.41, 5.74) is 1.23. The van der Waals surface area contributed by atoms with Crippen molar-refractivity contribution in [2.45, 2.75) is 20.4 Å². The third-order valence-corrected chi connectivity index (χ3v) is 4.66. The summed E-state index contributed by atoms with van der Waals surface area (Å²) in [5.74, 6) is 1.61. The van der Waals surface area contributed by atoms with Gasteiger partial charge in [0.05, 0.1) is 12.3 Å². The molecule has 1 atom stereocenters. The lowest BCUT2D eigenvalue weighted by Gasteiger charge is -2.07. The number of carbonyl (C=O) groups excluding carboxylic acids is 1. The molecule has 1 heterocycles. The number of hydrogen-bond acceptors (Lipinski definition) is 4. The number of rotatable bonds is 7. The summed E-state index contributed by atoms with van der Waals surface area (Å²) >= 11 is 3.24. The molecular formula is C12H19NO2S2. The molecule has 1 aromatic rings. The molecule has 96 valence electrons. The summed E-state index contributed by atoms with van der Waals surface area (Å²) < 4.78 is 0. The predicted octanol–water partition coefficient (Wildman–Crippen LogP) is 2.03. The van der Waals surface area contributed by atoms with E-state index in [0.717, 1.165) is 5.75 Å². The van der Waals surface area contributed by atoms with Gasteiger partial charge in [-0.1, -0.05) is 6.92 Å². The van der Waals surface area contributed by atoms with Crippen LogP contribution in [0.4, 0.5) is 0 Å². The normalized spacial score (nSPS) is 12.4. The highest BCUT2D eigenvalue weighted by atomic mass is 32.2. The van der Waals surface area contributed by atoms with Crippen LogP contribution in [-0.4, -0.2) is 29.1 Å². The van der Waals surface area contributed by atoms with Crippen LogP contribution in [-0.2, 0) is 11.3 Å². The lowest BCUT2D eigenvalue weighted by Crippen LogP contribution is -2.25. The third kappa shape index (κ3) is 5.57. The Hall–Kier alpha value is -0.520. The van der Waals surface area contributed by atoms with Crippen molar-refractivity contribution in [3.63, 3.8) is 0 Å². The van der Waals surface area contributed by atoms with Crippen LogP contribution in [0.1, 0.15) is 17.4 Å². The largest absolute Gasteiger partial charge is 0.396 e. The molecule has 2 N–H and O–H groups in total. The fourth-order valence-corrected chi connectivity index (χ4v) is 2.98. The summed E-state index contributed by atoms with van der Waals surface area (Å²) in [6, 6.07) is 2.06. The minimum absolute atomic E-state index is 0.0629. The molecule has 5 heteroatoms. The summed E-state index contributed by atoms with van der Waals surface area (Å²) in [6.07, 6.45) is 0. The zero-order chi connectivity index (χ0) is 12.7. The van der Waals surface area contributed by atoms with Crippen molar-refractivity contribution in [3.8, 4) is 0 Å². The van der Waals surface area contributed by atoms with Gasteiger partial charge in [-0.05, 0) is 35.6 Å². The van der Waals surface area contributed by atoms with Crippen LogP contribution in [0.5, 0.6) is 0 Å². The van der Waals surface area contributed by atoms with Crippen molar-refractivity contribution in [1.82, 2.24) is 5.32 Å². The number of nitrogens with one attached hydrogen (secondary N) is 1. The minimum atomic E-state index is 0.0629. The molecule has 0 saturated heterocycles. The second-order valence-corrected chi connectivity index (χ2v) is 6.14. The van der Waals surface area contributed by atoms with Crippen LogP contribution in [0.25, 0.3) is 0 Å². The van der Waals surface area contributed by atoms with E-state index < -0.39 is 0 Å². The molecule has 0 aliphatic carbocycles. The summed E-state index contributed by atoms with van der Waals surface area (Å²) in [6.45, 7) is 4.83. The van der Waals surface area contributed by atoms with Gasteiger partial charge >= 0.3 is 0 Å². The van der Waals surface area contributed by atoms with Crippen LogP contribution in [0, 0.1) is 12.8 Å². The van der Waals surface area contributed by atoms with E-state index in [1.165, 1.54) is 10.4 Å². The maximum absolute atomic E-state index is 11.5. The zero-order valence-corrected chi connectivity index (χ0v) is 11.9. The SMILES string of the molecule is Cc1ccsc1CNC(=O)CSCC(C)CO. The van der Waals surface area contributed by atoms with Gasteiger partial charge in [0.2, 0.25) is 5.91 Å². The average molecular weight is 273 g/mol. The van der Waals surface area contributed by atoms with Gasteiger partial charge in [-0.15, -0.1) is 11.3 Å². The second kappa shape index (κ2) is 7.74. The smallest absolute Gasteiger partial charge is 0.230 e. The molecule has 0 aliphatic rings. The fourth-order valence-electron chi connectivity index (χ4n) is 1.22. The lowest BCUT2D eigenvalue weighted by atomic mass is 10.2. The van der Waals surface area contributed by atoms with Crippen LogP contribution in [0.15, 0.2) is 11.4 Å². The van der Waals surface area contributed by atoms with Gasteiger partial charge < -0.3 is 10.4 Å². The van der Waals surface area contributed by atoms with Crippen molar-refractivity contribution in [2.75, 3.05) is 18.1 Å². The van der Waals surface area contributed by atoms with E-state index in [-0.39, 0.29) is 18.4 Å². The summed E-state index contributed by atoms with van der Waals surface area (Å²) in [7, 11) is 0. The van der Waals surface area contributed by atoms with Gasteiger partial charge in [-0.3, -0.25) is 4.79 Å². The van der Waals surface area contributed by atoms with Crippen molar-refractivity contribution >= 4 is 29.0 Å². The van der Waals surface area contributed by atoms with Gasteiger partial charge in [0.25, 0.3) is 0 Å². The molecule has 1 rings (SSSR count). The topological polar surface area (TPSA) is 49.3 Å². The molecule has 0 aromatic carbocycles. The first-order valence-electron chi connectivity index (χ1n) is 5.61. The Balaban J connectivity index is 2.16. The first-order valence-corrected chi connectivity index (χ1v) is 7.65. The van der Waals surface area contributed by atoms with Gasteiger partial charge in [0.1, 0.15) is 0 Å². The van der Waals surface area contributed by atoms with Gasteiger partial charge in [0.15, 0.2) is 0 Å². The first kappa shape index (κ1) is 14.5. The molecule has 0 radical (unpaired) electrons. The third-order valence-electron chi connectivity index (χ3n) is 2.36. The Morgan fingerprint density at radius 2 is 2.41 bits per heavy atom. The van der Waals surface area contributed by atoms with Crippen molar-refractivity contribution in [1.29, 1.82) is 0 Å². The molecule has 0 fully saturated rings. The van der Waals surface area contributed by atoms with Crippen LogP contribution in [0.3, 0.4) is 0 Å². The van der Waals surface area contributed by atoms with E-state index in [0.29, 0.717) is 12.3 Å². The highest BCUT2D eigenvalue weighted by Crippen LogP contribution is 2.15. The van der Waals surface area contributed by atoms with E-state index in [1.54, 1.807) is 23.1 Å². The van der Waals surface area contributed by atoms with Crippen molar-refractivity contribution < 1.29 is 9.90 Å². The first-order chi connectivity index (χ1) is 8.13. The standard InChI is InChI=1S/C12H19NO2S2/c1-9(6-14)7-16-8-12(15)13-5-11-10(2)3-4-17-11/h3-4,9,14H,5-8H2,1-2H3,(H,13,15). The van der Waals surface area contributed by atoms with Crippen molar-refractivity contribution in [3.05, 3.63) is 21.9 Å². The highest BCUT2D eigenvalue weighted by molar-refractivity contribution is 7.99. The molecule has 17 heavy (non-hydrogen) atoms. The van der Waals surface area contributed by atoms with E-state index >= 15 is 0 Å². The zero-order valence-electron chi connectivity index (χ0n) is 10.2. The van der Waals surface area contributed by atoms with Crippen molar-refractivity contribution in [2.24, 2.45) is 5.92 Å². The summed E-state index contributed by atoms with van der Waals surface area (Å²) in [4.78, 5) is 12.7.